The van der Waals surface area contributed by atoms with Gasteiger partial charge in [0.1, 0.15) is 36.5 Å². The van der Waals surface area contributed by atoms with Crippen molar-refractivity contribution in [2.75, 3.05) is 25.1 Å². The minimum Gasteiger partial charge on any atom is -0.490 e. The van der Waals surface area contributed by atoms with E-state index in [9.17, 15) is 14.5 Å². The van der Waals surface area contributed by atoms with E-state index in [0.29, 0.717) is 30.3 Å². The minimum absolute atomic E-state index is 0.0855. The van der Waals surface area contributed by atoms with Crippen LogP contribution in [0.25, 0.3) is 0 Å². The molecule has 4 rings (SSSR count). The monoisotopic (exact) mass is 456 g/mol. The number of aliphatic hydroxyl groups excluding tert-OH is 1. The number of nitrogens with zero attached hydrogens (tertiary/aromatic N) is 2. The smallest absolute Gasteiger partial charge is 0.469 e. The molecule has 1 aromatic heterocycles. The number of phosphoric ester groups is 1. The van der Waals surface area contributed by atoms with E-state index >= 15 is 0 Å². The molecule has 1 aromatic carbocycles. The first-order chi connectivity index (χ1) is 14.8. The molecule has 2 aromatic rings. The fourth-order valence-corrected chi connectivity index (χ4v) is 3.96. The Labute approximate surface area is 175 Å². The van der Waals surface area contributed by atoms with E-state index in [2.05, 4.69) is 14.8 Å². The van der Waals surface area contributed by atoms with E-state index in [1.807, 2.05) is 0 Å². The molecule has 0 radical (unpaired) electrons. The summed E-state index contributed by atoms with van der Waals surface area (Å²) in [4.78, 5) is 34.7. The Morgan fingerprint density at radius 3 is 2.87 bits per heavy atom. The number of nitrogens with two attached hydrogens (primary N) is 1. The van der Waals surface area contributed by atoms with Crippen LogP contribution >= 0.6 is 7.82 Å². The maximum atomic E-state index is 12.6. The lowest BCUT2D eigenvalue weighted by atomic mass is 10.2. The number of phosphoric acid groups is 1. The molecule has 1 unspecified atom stereocenters. The molecule has 3 atom stereocenters. The largest absolute Gasteiger partial charge is 0.490 e. The van der Waals surface area contributed by atoms with Gasteiger partial charge in [-0.1, -0.05) is 6.07 Å². The minimum atomic E-state index is -4.81. The maximum Gasteiger partial charge on any atom is 0.469 e. The number of fused-ring (bicyclic) bond motifs is 2. The SMILES string of the molecule is NCCOc1cccc2c1Nc1nc(=O)n([C@H]3C[C@@H](OP(=O)(O)O)C(CO)O3)cc1O2. The van der Waals surface area contributed by atoms with Crippen molar-refractivity contribution >= 4 is 19.3 Å². The summed E-state index contributed by atoms with van der Waals surface area (Å²) in [6, 6.07) is 5.16. The summed E-state index contributed by atoms with van der Waals surface area (Å²) in [6.07, 6.45) is -1.82. The predicted molar refractivity (Wildman–Crippen MR) is 105 cm³/mol. The standard InChI is InChI=1S/C17H21N4O9P/c18-4-5-27-9-2-1-3-10-15(9)19-16-12(28-10)7-21(17(23)20-16)14-6-11(13(8-22)29-14)30-31(24,25)26/h1-3,7,11,13-14,22H,4-6,8,18H2,(H,19,20,23)(H2,24,25,26)/t11-,13?,14-/m1/s1. The predicted octanol–water partition coefficient (Wildman–Crippen LogP) is 0.188. The van der Waals surface area contributed by atoms with Crippen molar-refractivity contribution < 1.29 is 38.2 Å². The topological polar surface area (TPSA) is 188 Å². The Hall–Kier alpha value is -2.51. The highest BCUT2D eigenvalue weighted by molar-refractivity contribution is 7.46. The fourth-order valence-electron chi connectivity index (χ4n) is 3.39. The summed E-state index contributed by atoms with van der Waals surface area (Å²) in [5, 5.41) is 12.5. The molecule has 0 saturated carbocycles. The van der Waals surface area contributed by atoms with Crippen molar-refractivity contribution in [2.45, 2.75) is 24.9 Å². The molecule has 3 heterocycles. The van der Waals surface area contributed by atoms with Gasteiger partial charge in [-0.05, 0) is 12.1 Å². The van der Waals surface area contributed by atoms with Gasteiger partial charge in [0.25, 0.3) is 0 Å². The average Bonchev–Trinajstić information content (AvgIpc) is 3.11. The molecule has 14 heteroatoms. The summed E-state index contributed by atoms with van der Waals surface area (Å²) < 4.78 is 34.0. The highest BCUT2D eigenvalue weighted by Gasteiger charge is 2.41. The highest BCUT2D eigenvalue weighted by Crippen LogP contribution is 2.46. The Kier molecular flexibility index (Phi) is 5.99. The van der Waals surface area contributed by atoms with E-state index in [1.54, 1.807) is 18.2 Å². The van der Waals surface area contributed by atoms with Crippen LogP contribution in [0.2, 0.25) is 0 Å². The van der Waals surface area contributed by atoms with Gasteiger partial charge >= 0.3 is 13.5 Å². The number of hydrogen-bond acceptors (Lipinski definition) is 10. The third-order valence-electron chi connectivity index (χ3n) is 4.69. The van der Waals surface area contributed by atoms with E-state index in [1.165, 1.54) is 6.20 Å². The van der Waals surface area contributed by atoms with Crippen molar-refractivity contribution in [1.82, 2.24) is 9.55 Å². The average molecular weight is 456 g/mol. The molecule has 0 spiro atoms. The van der Waals surface area contributed by atoms with Crippen LogP contribution in [0.5, 0.6) is 17.2 Å². The van der Waals surface area contributed by atoms with E-state index in [-0.39, 0.29) is 18.0 Å². The van der Waals surface area contributed by atoms with Crippen LogP contribution in [0.4, 0.5) is 11.5 Å². The summed E-state index contributed by atoms with van der Waals surface area (Å²) in [7, 11) is -4.81. The highest BCUT2D eigenvalue weighted by atomic mass is 31.2. The van der Waals surface area contributed by atoms with Gasteiger partial charge in [0, 0.05) is 13.0 Å². The number of benzene rings is 1. The Balaban J connectivity index is 1.60. The van der Waals surface area contributed by atoms with Crippen molar-refractivity contribution in [3.63, 3.8) is 0 Å². The van der Waals surface area contributed by atoms with Crippen molar-refractivity contribution in [2.24, 2.45) is 5.73 Å². The lowest BCUT2D eigenvalue weighted by Crippen LogP contribution is -2.29. The summed E-state index contributed by atoms with van der Waals surface area (Å²) in [5.74, 6) is 1.32. The second-order valence-corrected chi connectivity index (χ2v) is 8.01. The second kappa shape index (κ2) is 8.55. The molecule has 13 nitrogen and oxygen atoms in total. The molecular formula is C17H21N4O9P. The summed E-state index contributed by atoms with van der Waals surface area (Å²) in [5.41, 5.74) is 5.28. The van der Waals surface area contributed by atoms with E-state index in [4.69, 9.17) is 29.7 Å². The molecule has 168 valence electrons. The zero-order valence-electron chi connectivity index (χ0n) is 16.1. The number of anilines is 2. The van der Waals surface area contributed by atoms with Gasteiger partial charge in [0.2, 0.25) is 0 Å². The number of ether oxygens (including phenoxy) is 3. The molecule has 2 aliphatic rings. The van der Waals surface area contributed by atoms with Gasteiger partial charge in [0.15, 0.2) is 17.3 Å². The molecule has 2 aliphatic heterocycles. The number of aliphatic hydroxyl groups is 1. The molecule has 31 heavy (non-hydrogen) atoms. The fraction of sp³-hybridized carbons (Fsp3) is 0.412. The normalized spacial score (nSPS) is 22.3. The zero-order chi connectivity index (χ0) is 22.2. The van der Waals surface area contributed by atoms with Gasteiger partial charge in [-0.3, -0.25) is 9.09 Å². The lowest BCUT2D eigenvalue weighted by molar-refractivity contribution is -0.0453. The number of rotatable bonds is 7. The molecule has 1 saturated heterocycles. The first-order valence-corrected chi connectivity index (χ1v) is 10.9. The van der Waals surface area contributed by atoms with E-state index < -0.39 is 38.6 Å². The first-order valence-electron chi connectivity index (χ1n) is 9.33. The Morgan fingerprint density at radius 2 is 2.16 bits per heavy atom. The van der Waals surface area contributed by atoms with Crippen LogP contribution in [0, 0.1) is 0 Å². The second-order valence-electron chi connectivity index (χ2n) is 6.82. The number of hydrogen-bond donors (Lipinski definition) is 5. The first kappa shape index (κ1) is 21.7. The van der Waals surface area contributed by atoms with Crippen LogP contribution in [0.1, 0.15) is 12.6 Å². The van der Waals surface area contributed by atoms with Crippen molar-refractivity contribution in [3.8, 4) is 17.2 Å². The lowest BCUT2D eigenvalue weighted by Gasteiger charge is -2.24. The molecule has 0 aliphatic carbocycles. The number of para-hydroxylation sites is 1. The zero-order valence-corrected chi connectivity index (χ0v) is 17.0. The molecule has 1 fully saturated rings. The summed E-state index contributed by atoms with van der Waals surface area (Å²) >= 11 is 0. The van der Waals surface area contributed by atoms with Gasteiger partial charge < -0.3 is 40.2 Å². The third kappa shape index (κ3) is 4.57. The van der Waals surface area contributed by atoms with Gasteiger partial charge in [-0.2, -0.15) is 4.98 Å². The van der Waals surface area contributed by atoms with Crippen LogP contribution in [-0.4, -0.2) is 56.4 Å². The van der Waals surface area contributed by atoms with Crippen LogP contribution in [0.15, 0.2) is 29.2 Å². The Bertz CT molecular complexity index is 1070. The molecular weight excluding hydrogens is 435 g/mol. The van der Waals surface area contributed by atoms with Crippen molar-refractivity contribution in [3.05, 3.63) is 34.9 Å². The van der Waals surface area contributed by atoms with Crippen LogP contribution < -0.4 is 26.2 Å². The number of nitrogens with one attached hydrogen (secondary N) is 1. The third-order valence-corrected chi connectivity index (χ3v) is 5.23. The van der Waals surface area contributed by atoms with Crippen molar-refractivity contribution in [1.29, 1.82) is 0 Å². The Morgan fingerprint density at radius 1 is 1.35 bits per heavy atom. The van der Waals surface area contributed by atoms with Gasteiger partial charge in [-0.15, -0.1) is 0 Å². The van der Waals surface area contributed by atoms with Crippen LogP contribution in [-0.2, 0) is 13.8 Å². The van der Waals surface area contributed by atoms with E-state index in [0.717, 1.165) is 4.57 Å². The molecule has 6 N–H and O–H groups in total. The molecule has 0 bridgehead atoms. The summed E-state index contributed by atoms with van der Waals surface area (Å²) in [6.45, 7) is 0.0707. The van der Waals surface area contributed by atoms with Crippen LogP contribution in [0.3, 0.4) is 0 Å². The quantitative estimate of drug-likeness (QED) is 0.304. The van der Waals surface area contributed by atoms with Gasteiger partial charge in [0.05, 0.1) is 12.8 Å². The molecule has 0 amide bonds. The maximum absolute atomic E-state index is 12.6. The number of aromatic nitrogens is 2. The van der Waals surface area contributed by atoms with Gasteiger partial charge in [-0.25, -0.2) is 9.36 Å².